The van der Waals surface area contributed by atoms with Gasteiger partial charge in [0.05, 0.1) is 41.7 Å². The van der Waals surface area contributed by atoms with Crippen LogP contribution in [0.4, 0.5) is 31.8 Å². The van der Waals surface area contributed by atoms with Crippen LogP contribution in [0.3, 0.4) is 0 Å². The molecule has 5 rings (SSSR count). The Hall–Kier alpha value is -3.06. The van der Waals surface area contributed by atoms with Crippen molar-refractivity contribution in [2.24, 2.45) is 5.41 Å². The van der Waals surface area contributed by atoms with Gasteiger partial charge in [-0.3, -0.25) is 14.5 Å². The predicted molar refractivity (Wildman–Crippen MR) is 140 cm³/mol. The van der Waals surface area contributed by atoms with E-state index in [1.54, 1.807) is 17.0 Å². The van der Waals surface area contributed by atoms with Gasteiger partial charge in [-0.05, 0) is 49.3 Å². The number of anilines is 4. The molecule has 3 heterocycles. The first-order valence-corrected chi connectivity index (χ1v) is 14.5. The van der Waals surface area contributed by atoms with E-state index in [2.05, 4.69) is 24.9 Å². The monoisotopic (exact) mass is 550 g/mol. The van der Waals surface area contributed by atoms with Crippen molar-refractivity contribution in [3.63, 3.8) is 0 Å². The molecule has 3 fully saturated rings. The number of sulfonamides is 1. The Labute approximate surface area is 220 Å². The maximum Gasteiger partial charge on any atom is 0.258 e. The molecule has 10 nitrogen and oxygen atoms in total. The van der Waals surface area contributed by atoms with E-state index in [9.17, 15) is 22.0 Å². The van der Waals surface area contributed by atoms with Crippen molar-refractivity contribution < 1.29 is 27.1 Å². The highest BCUT2D eigenvalue weighted by molar-refractivity contribution is 7.92. The van der Waals surface area contributed by atoms with Crippen molar-refractivity contribution in [2.45, 2.75) is 44.4 Å². The summed E-state index contributed by atoms with van der Waals surface area (Å²) in [5.41, 5.74) is 1.67. The molecule has 1 aliphatic carbocycles. The highest BCUT2D eigenvalue weighted by Gasteiger charge is 2.44. The third kappa shape index (κ3) is 6.15. The molecule has 3 aliphatic rings. The van der Waals surface area contributed by atoms with Crippen LogP contribution in [-0.4, -0.2) is 73.9 Å². The normalized spacial score (nSPS) is 20.3. The number of rotatable bonds is 8. The third-order valence-electron chi connectivity index (χ3n) is 7.68. The number of piperidine rings is 2. The van der Waals surface area contributed by atoms with Crippen LogP contribution in [0.2, 0.25) is 0 Å². The summed E-state index contributed by atoms with van der Waals surface area (Å²) in [4.78, 5) is 25.8. The van der Waals surface area contributed by atoms with Gasteiger partial charge in [0.25, 0.3) is 11.8 Å². The zero-order chi connectivity index (χ0) is 27.0. The van der Waals surface area contributed by atoms with Crippen LogP contribution in [-0.2, 0) is 10.0 Å². The number of hydrogen-bond acceptors (Lipinski definition) is 8. The van der Waals surface area contributed by atoms with Gasteiger partial charge >= 0.3 is 0 Å². The highest BCUT2D eigenvalue weighted by Crippen LogP contribution is 2.54. The van der Waals surface area contributed by atoms with Gasteiger partial charge in [-0.25, -0.2) is 22.2 Å². The first kappa shape index (κ1) is 26.5. The van der Waals surface area contributed by atoms with Crippen molar-refractivity contribution >= 4 is 38.9 Å². The number of carbonyl (C=O) groups excluding carboxylic acids is 1. The van der Waals surface area contributed by atoms with Crippen molar-refractivity contribution in [3.05, 3.63) is 36.2 Å². The molecule has 13 heteroatoms. The molecule has 1 spiro atoms. The molecular weight excluding hydrogens is 518 g/mol. The van der Waals surface area contributed by atoms with Gasteiger partial charge in [-0.2, -0.15) is 0 Å². The average molecular weight is 551 g/mol. The lowest BCUT2D eigenvalue weighted by Gasteiger charge is -2.35. The number of hydrogen-bond donors (Lipinski definition) is 3. The number of carbonyl (C=O) groups is 1. The van der Waals surface area contributed by atoms with Gasteiger partial charge in [0.2, 0.25) is 10.0 Å². The number of alkyl halides is 2. The fourth-order valence-corrected chi connectivity index (χ4v) is 5.94. The Morgan fingerprint density at radius 1 is 1.00 bits per heavy atom. The summed E-state index contributed by atoms with van der Waals surface area (Å²) in [6.45, 7) is 1.29. The number of aliphatic hydroxyl groups excluding tert-OH is 1. The molecule has 2 aliphatic heterocycles. The van der Waals surface area contributed by atoms with Gasteiger partial charge in [-0.15, -0.1) is 0 Å². The van der Waals surface area contributed by atoms with Crippen LogP contribution in [0, 0.1) is 5.41 Å². The summed E-state index contributed by atoms with van der Waals surface area (Å²) < 4.78 is 54.0. The van der Waals surface area contributed by atoms with Crippen LogP contribution in [0.25, 0.3) is 0 Å². The molecular formula is C25H32F2N6O4S. The fraction of sp³-hybridized carbons (Fsp3) is 0.560. The van der Waals surface area contributed by atoms with Crippen molar-refractivity contribution in [1.29, 1.82) is 0 Å². The molecule has 0 bridgehead atoms. The van der Waals surface area contributed by atoms with E-state index in [-0.39, 0.29) is 31.7 Å². The molecule has 2 aromatic rings. The number of benzene rings is 1. The van der Waals surface area contributed by atoms with E-state index in [0.29, 0.717) is 28.2 Å². The van der Waals surface area contributed by atoms with Crippen molar-refractivity contribution in [2.75, 3.05) is 58.4 Å². The van der Waals surface area contributed by atoms with E-state index in [1.165, 1.54) is 31.3 Å². The van der Waals surface area contributed by atoms with E-state index in [4.69, 9.17) is 5.11 Å². The SMILES string of the molecule is O=C(Nc1cncc(N2CCC(F)(F)CC2)n1)c1ccc(NS(=O)(=O)CCO)cc1N1CCC2(CC1)CC2. The van der Waals surface area contributed by atoms with E-state index < -0.39 is 34.2 Å². The largest absolute Gasteiger partial charge is 0.395 e. The second-order valence-corrected chi connectivity index (χ2v) is 12.3. The lowest BCUT2D eigenvalue weighted by molar-refractivity contribution is -0.0221. The molecule has 1 saturated carbocycles. The van der Waals surface area contributed by atoms with Gasteiger partial charge < -0.3 is 20.2 Å². The average Bonchev–Trinajstić information content (AvgIpc) is 3.63. The van der Waals surface area contributed by atoms with Gasteiger partial charge in [0, 0.05) is 39.0 Å². The topological polar surface area (TPSA) is 128 Å². The van der Waals surface area contributed by atoms with Crippen LogP contribution in [0.5, 0.6) is 0 Å². The second-order valence-electron chi connectivity index (χ2n) is 10.4. The summed E-state index contributed by atoms with van der Waals surface area (Å²) in [5, 5.41) is 11.8. The first-order valence-electron chi connectivity index (χ1n) is 12.8. The molecule has 0 radical (unpaired) electrons. The van der Waals surface area contributed by atoms with Crippen molar-refractivity contribution in [3.8, 4) is 0 Å². The number of amides is 1. The minimum absolute atomic E-state index is 0.146. The molecule has 3 N–H and O–H groups in total. The number of halogens is 2. The lowest BCUT2D eigenvalue weighted by Crippen LogP contribution is -2.39. The number of aliphatic hydroxyl groups is 1. The summed E-state index contributed by atoms with van der Waals surface area (Å²) in [7, 11) is -3.73. The van der Waals surface area contributed by atoms with Crippen LogP contribution >= 0.6 is 0 Å². The van der Waals surface area contributed by atoms with Gasteiger partial charge in [0.15, 0.2) is 5.82 Å². The molecule has 0 atom stereocenters. The Kier molecular flexibility index (Phi) is 7.16. The second kappa shape index (κ2) is 10.3. The molecule has 206 valence electrons. The lowest BCUT2D eigenvalue weighted by atomic mass is 9.93. The Morgan fingerprint density at radius 3 is 2.34 bits per heavy atom. The molecule has 38 heavy (non-hydrogen) atoms. The van der Waals surface area contributed by atoms with E-state index >= 15 is 0 Å². The smallest absolute Gasteiger partial charge is 0.258 e. The Morgan fingerprint density at radius 2 is 1.68 bits per heavy atom. The van der Waals surface area contributed by atoms with Gasteiger partial charge in [-0.1, -0.05) is 0 Å². The molecule has 1 aromatic heterocycles. The fourth-order valence-electron chi connectivity index (χ4n) is 5.11. The maximum atomic E-state index is 13.6. The summed E-state index contributed by atoms with van der Waals surface area (Å²) in [6, 6.07) is 4.72. The first-order chi connectivity index (χ1) is 18.1. The van der Waals surface area contributed by atoms with Crippen LogP contribution in [0.15, 0.2) is 30.6 Å². The highest BCUT2D eigenvalue weighted by atomic mass is 32.2. The number of nitrogens with one attached hydrogen (secondary N) is 2. The summed E-state index contributed by atoms with van der Waals surface area (Å²) in [5.74, 6) is -2.94. The van der Waals surface area contributed by atoms with Crippen molar-refractivity contribution in [1.82, 2.24) is 9.97 Å². The molecule has 2 saturated heterocycles. The number of nitrogens with zero attached hydrogens (tertiary/aromatic N) is 4. The third-order valence-corrected chi connectivity index (χ3v) is 8.95. The molecule has 0 unspecified atom stereocenters. The molecule has 1 aromatic carbocycles. The standard InChI is InChI=1S/C25H32F2N6O4S/c26-25(27)7-11-33(12-8-25)22-17-28-16-21(29-22)30-23(35)19-2-1-18(31-38(36,37)14-13-34)15-20(19)32-9-5-24(3-4-24)6-10-32/h1-2,15-17,31,34H,3-14H2,(H,29,30,35). The van der Waals surface area contributed by atoms with Crippen LogP contribution < -0.4 is 19.8 Å². The summed E-state index contributed by atoms with van der Waals surface area (Å²) >= 11 is 0. The summed E-state index contributed by atoms with van der Waals surface area (Å²) in [6.07, 6.45) is 6.82. The maximum absolute atomic E-state index is 13.6. The minimum Gasteiger partial charge on any atom is -0.395 e. The number of aromatic nitrogens is 2. The van der Waals surface area contributed by atoms with Crippen LogP contribution in [0.1, 0.15) is 48.9 Å². The van der Waals surface area contributed by atoms with Gasteiger partial charge in [0.1, 0.15) is 5.82 Å². The molecule has 1 amide bonds. The minimum atomic E-state index is -3.73. The predicted octanol–water partition coefficient (Wildman–Crippen LogP) is 3.08. The van der Waals surface area contributed by atoms with E-state index in [1.807, 2.05) is 0 Å². The van der Waals surface area contributed by atoms with E-state index in [0.717, 1.165) is 25.9 Å². The zero-order valence-corrected chi connectivity index (χ0v) is 21.8. The quantitative estimate of drug-likeness (QED) is 0.458. The zero-order valence-electron chi connectivity index (χ0n) is 21.0. The Balaban J connectivity index is 1.36. The Bertz CT molecular complexity index is 1280.